The summed E-state index contributed by atoms with van der Waals surface area (Å²) in [6.45, 7) is 2.71. The van der Waals surface area contributed by atoms with Crippen molar-refractivity contribution < 1.29 is 10.2 Å². The van der Waals surface area contributed by atoms with E-state index in [2.05, 4.69) is 34.2 Å². The van der Waals surface area contributed by atoms with Crippen molar-refractivity contribution in [3.8, 4) is 11.5 Å². The number of nitrogens with one attached hydrogen (secondary N) is 1. The molecule has 2 aromatic carbocycles. The van der Waals surface area contributed by atoms with Gasteiger partial charge in [0.15, 0.2) is 11.5 Å². The van der Waals surface area contributed by atoms with E-state index in [-0.39, 0.29) is 17.5 Å². The molecule has 0 heterocycles. The van der Waals surface area contributed by atoms with Gasteiger partial charge in [-0.3, -0.25) is 0 Å². The van der Waals surface area contributed by atoms with Gasteiger partial charge in [-0.1, -0.05) is 40.2 Å². The van der Waals surface area contributed by atoms with Gasteiger partial charge in [0.1, 0.15) is 0 Å². The van der Waals surface area contributed by atoms with E-state index in [9.17, 15) is 10.2 Å². The molecule has 3 nitrogen and oxygen atoms in total. The zero-order valence-corrected chi connectivity index (χ0v) is 12.2. The summed E-state index contributed by atoms with van der Waals surface area (Å²) in [5, 5.41) is 22.1. The van der Waals surface area contributed by atoms with Crippen LogP contribution in [0, 0.1) is 0 Å². The standard InChI is InChI=1S/C15H16BrNO2/c1-10(12-4-2-3-5-13(12)16)17-9-11-6-7-14(18)15(19)8-11/h2-8,10,17-19H,9H2,1H3/t10-/m1/s1. The highest BCUT2D eigenvalue weighted by molar-refractivity contribution is 9.10. The molecule has 0 saturated heterocycles. The Kier molecular flexibility index (Phi) is 4.45. The fourth-order valence-electron chi connectivity index (χ4n) is 1.89. The van der Waals surface area contributed by atoms with Crippen LogP contribution in [0.1, 0.15) is 24.1 Å². The van der Waals surface area contributed by atoms with Crippen LogP contribution in [0.15, 0.2) is 46.9 Å². The van der Waals surface area contributed by atoms with Crippen molar-refractivity contribution in [2.45, 2.75) is 19.5 Å². The quantitative estimate of drug-likeness (QED) is 0.752. The van der Waals surface area contributed by atoms with Gasteiger partial charge in [-0.2, -0.15) is 0 Å². The molecular weight excluding hydrogens is 306 g/mol. The molecule has 0 fully saturated rings. The van der Waals surface area contributed by atoms with Crippen LogP contribution < -0.4 is 5.32 Å². The van der Waals surface area contributed by atoms with Gasteiger partial charge in [-0.05, 0) is 36.2 Å². The number of phenols is 2. The molecule has 1 atom stereocenters. The molecule has 0 unspecified atom stereocenters. The van der Waals surface area contributed by atoms with Gasteiger partial charge < -0.3 is 15.5 Å². The lowest BCUT2D eigenvalue weighted by Crippen LogP contribution is -2.18. The summed E-state index contributed by atoms with van der Waals surface area (Å²) >= 11 is 3.53. The predicted molar refractivity (Wildman–Crippen MR) is 79.2 cm³/mol. The van der Waals surface area contributed by atoms with Crippen LogP contribution in [0.4, 0.5) is 0 Å². The van der Waals surface area contributed by atoms with Crippen molar-refractivity contribution >= 4 is 15.9 Å². The first-order valence-electron chi connectivity index (χ1n) is 6.06. The second-order valence-corrected chi connectivity index (χ2v) is 5.30. The summed E-state index contributed by atoms with van der Waals surface area (Å²) in [4.78, 5) is 0. The van der Waals surface area contributed by atoms with Crippen LogP contribution in [-0.2, 0) is 6.54 Å². The van der Waals surface area contributed by atoms with E-state index in [1.807, 2.05) is 18.2 Å². The Morgan fingerprint density at radius 1 is 1.11 bits per heavy atom. The molecular formula is C15H16BrNO2. The summed E-state index contributed by atoms with van der Waals surface area (Å²) in [5.74, 6) is -0.185. The molecule has 0 spiro atoms. The summed E-state index contributed by atoms with van der Waals surface area (Å²) in [5.41, 5.74) is 2.11. The Morgan fingerprint density at radius 2 is 1.84 bits per heavy atom. The SMILES string of the molecule is C[C@@H](NCc1ccc(O)c(O)c1)c1ccccc1Br. The molecule has 4 heteroatoms. The minimum atomic E-state index is -0.0948. The first-order chi connectivity index (χ1) is 9.08. The second kappa shape index (κ2) is 6.08. The highest BCUT2D eigenvalue weighted by Crippen LogP contribution is 2.26. The summed E-state index contributed by atoms with van der Waals surface area (Å²) in [7, 11) is 0. The van der Waals surface area contributed by atoms with Gasteiger partial charge in [0, 0.05) is 17.1 Å². The van der Waals surface area contributed by atoms with Crippen molar-refractivity contribution in [3.63, 3.8) is 0 Å². The summed E-state index contributed by atoms with van der Waals surface area (Å²) in [6, 6.07) is 13.1. The topological polar surface area (TPSA) is 52.5 Å². The Morgan fingerprint density at radius 3 is 2.53 bits per heavy atom. The lowest BCUT2D eigenvalue weighted by molar-refractivity contribution is 0.402. The van der Waals surface area contributed by atoms with E-state index in [0.29, 0.717) is 6.54 Å². The monoisotopic (exact) mass is 321 g/mol. The van der Waals surface area contributed by atoms with Crippen molar-refractivity contribution in [2.24, 2.45) is 0 Å². The molecule has 0 amide bonds. The normalized spacial score (nSPS) is 12.3. The number of aromatic hydroxyl groups is 2. The first-order valence-corrected chi connectivity index (χ1v) is 6.86. The molecule has 0 aliphatic rings. The highest BCUT2D eigenvalue weighted by Gasteiger charge is 2.08. The minimum Gasteiger partial charge on any atom is -0.504 e. The van der Waals surface area contributed by atoms with Gasteiger partial charge in [-0.25, -0.2) is 0 Å². The van der Waals surface area contributed by atoms with E-state index in [1.54, 1.807) is 12.1 Å². The van der Waals surface area contributed by atoms with E-state index >= 15 is 0 Å². The molecule has 0 radical (unpaired) electrons. The Hall–Kier alpha value is -1.52. The maximum Gasteiger partial charge on any atom is 0.157 e. The zero-order chi connectivity index (χ0) is 13.8. The Labute approximate surface area is 121 Å². The number of phenolic OH excluding ortho intramolecular Hbond substituents is 2. The van der Waals surface area contributed by atoms with Crippen LogP contribution >= 0.6 is 15.9 Å². The number of benzene rings is 2. The average molecular weight is 322 g/mol. The van der Waals surface area contributed by atoms with E-state index in [1.165, 1.54) is 11.6 Å². The molecule has 3 N–H and O–H groups in total. The van der Waals surface area contributed by atoms with Crippen LogP contribution in [0.5, 0.6) is 11.5 Å². The van der Waals surface area contributed by atoms with Gasteiger partial charge >= 0.3 is 0 Å². The van der Waals surface area contributed by atoms with Crippen LogP contribution in [0.3, 0.4) is 0 Å². The Bertz CT molecular complexity index is 572. The summed E-state index contributed by atoms with van der Waals surface area (Å²) < 4.78 is 1.07. The van der Waals surface area contributed by atoms with Gasteiger partial charge in [0.25, 0.3) is 0 Å². The van der Waals surface area contributed by atoms with Crippen molar-refractivity contribution in [1.29, 1.82) is 0 Å². The van der Waals surface area contributed by atoms with Crippen molar-refractivity contribution in [3.05, 3.63) is 58.1 Å². The largest absolute Gasteiger partial charge is 0.504 e. The maximum atomic E-state index is 9.44. The molecule has 2 rings (SSSR count). The number of halogens is 1. The van der Waals surface area contributed by atoms with E-state index < -0.39 is 0 Å². The third kappa shape index (κ3) is 3.49. The van der Waals surface area contributed by atoms with Gasteiger partial charge in [-0.15, -0.1) is 0 Å². The van der Waals surface area contributed by atoms with E-state index in [0.717, 1.165) is 10.0 Å². The molecule has 2 aromatic rings. The lowest BCUT2D eigenvalue weighted by Gasteiger charge is -2.16. The molecule has 100 valence electrons. The van der Waals surface area contributed by atoms with Crippen molar-refractivity contribution in [1.82, 2.24) is 5.32 Å². The molecule has 0 aromatic heterocycles. The average Bonchev–Trinajstić information content (AvgIpc) is 2.40. The van der Waals surface area contributed by atoms with Gasteiger partial charge in [0.05, 0.1) is 0 Å². The lowest BCUT2D eigenvalue weighted by atomic mass is 10.1. The Balaban J connectivity index is 2.02. The third-order valence-corrected chi connectivity index (χ3v) is 3.75. The zero-order valence-electron chi connectivity index (χ0n) is 10.6. The first kappa shape index (κ1) is 13.9. The van der Waals surface area contributed by atoms with Crippen LogP contribution in [0.25, 0.3) is 0 Å². The number of hydrogen-bond acceptors (Lipinski definition) is 3. The van der Waals surface area contributed by atoms with Crippen LogP contribution in [0.2, 0.25) is 0 Å². The van der Waals surface area contributed by atoms with Crippen LogP contribution in [-0.4, -0.2) is 10.2 Å². The fourth-order valence-corrected chi connectivity index (χ4v) is 2.51. The van der Waals surface area contributed by atoms with Crippen molar-refractivity contribution in [2.75, 3.05) is 0 Å². The highest BCUT2D eigenvalue weighted by atomic mass is 79.9. The summed E-state index contributed by atoms with van der Waals surface area (Å²) in [6.07, 6.45) is 0. The van der Waals surface area contributed by atoms with Gasteiger partial charge in [0.2, 0.25) is 0 Å². The second-order valence-electron chi connectivity index (χ2n) is 4.45. The fraction of sp³-hybridized carbons (Fsp3) is 0.200. The molecule has 19 heavy (non-hydrogen) atoms. The maximum absolute atomic E-state index is 9.44. The molecule has 0 aliphatic carbocycles. The minimum absolute atomic E-state index is 0.0900. The molecule has 0 bridgehead atoms. The smallest absolute Gasteiger partial charge is 0.157 e. The molecule has 0 aliphatic heterocycles. The molecule has 0 saturated carbocycles. The number of rotatable bonds is 4. The van der Waals surface area contributed by atoms with E-state index in [4.69, 9.17) is 0 Å². The number of hydrogen-bond donors (Lipinski definition) is 3. The third-order valence-electron chi connectivity index (χ3n) is 3.02. The predicted octanol–water partition coefficient (Wildman–Crippen LogP) is 3.71.